The van der Waals surface area contributed by atoms with E-state index in [9.17, 15) is 4.79 Å². The maximum Gasteiger partial charge on any atom is 0.244 e. The molecule has 3 rings (SSSR count). The van der Waals surface area contributed by atoms with Crippen molar-refractivity contribution < 1.29 is 4.79 Å². The molecule has 0 radical (unpaired) electrons. The summed E-state index contributed by atoms with van der Waals surface area (Å²) in [7, 11) is 0. The third-order valence-corrected chi connectivity index (χ3v) is 5.09. The van der Waals surface area contributed by atoms with Gasteiger partial charge in [-0.05, 0) is 35.9 Å². The normalized spacial score (nSPS) is 13.6. The number of carbonyl (C=O) groups excluding carboxylic acids is 1. The molecular weight excluding hydrogens is 459 g/mol. The lowest BCUT2D eigenvalue weighted by Crippen LogP contribution is -2.40. The highest BCUT2D eigenvalue weighted by molar-refractivity contribution is 14.0. The van der Waals surface area contributed by atoms with Crippen molar-refractivity contribution in [3.05, 3.63) is 57.8 Å². The second-order valence-corrected chi connectivity index (χ2v) is 6.99. The number of fused-ring (bicyclic) bond motifs is 1. The number of guanidine groups is 1. The monoisotopic (exact) mass is 484 g/mol. The number of amides is 1. The molecule has 0 saturated carbocycles. The van der Waals surface area contributed by atoms with E-state index in [2.05, 4.69) is 45.3 Å². The zero-order valence-electron chi connectivity index (χ0n) is 14.9. The van der Waals surface area contributed by atoms with Crippen LogP contribution in [0.1, 0.15) is 22.9 Å². The number of nitrogens with zero attached hydrogens (tertiary/aromatic N) is 2. The minimum atomic E-state index is 0. The standard InChI is InChI=1S/C19H24N4OS.HI/c1-2-20-19(21-12-17-8-5-11-25-17)22-13-18(24)23-10-9-15-6-3-4-7-16(15)14-23;/h3-8,11H,2,9-10,12-14H2,1H3,(H2,20,21,22);1H. The molecule has 0 aliphatic carbocycles. The summed E-state index contributed by atoms with van der Waals surface area (Å²) in [4.78, 5) is 20.1. The number of hydrogen-bond acceptors (Lipinski definition) is 3. The SMILES string of the molecule is CCNC(=NCC(=O)N1CCc2ccccc2C1)NCc1cccs1.I. The van der Waals surface area contributed by atoms with Crippen LogP contribution in [0, 0.1) is 0 Å². The fourth-order valence-electron chi connectivity index (χ4n) is 2.88. The molecule has 0 saturated heterocycles. The minimum absolute atomic E-state index is 0. The van der Waals surface area contributed by atoms with E-state index >= 15 is 0 Å². The molecule has 0 atom stereocenters. The molecule has 26 heavy (non-hydrogen) atoms. The Bertz CT molecular complexity index is 733. The first-order valence-corrected chi connectivity index (χ1v) is 9.53. The van der Waals surface area contributed by atoms with Crippen LogP contribution in [0.3, 0.4) is 0 Å². The smallest absolute Gasteiger partial charge is 0.244 e. The van der Waals surface area contributed by atoms with Crippen LogP contribution in [0.4, 0.5) is 0 Å². The number of halogens is 1. The van der Waals surface area contributed by atoms with Crippen LogP contribution in [-0.2, 0) is 24.3 Å². The molecule has 0 spiro atoms. The van der Waals surface area contributed by atoms with Crippen LogP contribution < -0.4 is 10.6 Å². The van der Waals surface area contributed by atoms with Crippen molar-refractivity contribution in [3.63, 3.8) is 0 Å². The van der Waals surface area contributed by atoms with Gasteiger partial charge < -0.3 is 15.5 Å². The van der Waals surface area contributed by atoms with Gasteiger partial charge >= 0.3 is 0 Å². The van der Waals surface area contributed by atoms with Gasteiger partial charge in [0, 0.05) is 24.5 Å². The zero-order chi connectivity index (χ0) is 17.5. The van der Waals surface area contributed by atoms with Gasteiger partial charge in [0.2, 0.25) is 5.91 Å². The lowest BCUT2D eigenvalue weighted by Gasteiger charge is -2.28. The lowest BCUT2D eigenvalue weighted by atomic mass is 10.00. The maximum atomic E-state index is 12.5. The van der Waals surface area contributed by atoms with E-state index in [1.54, 1.807) is 11.3 Å². The quantitative estimate of drug-likeness (QED) is 0.390. The molecular formula is C19H25IN4OS. The number of hydrogen-bond donors (Lipinski definition) is 2. The molecule has 2 aromatic rings. The molecule has 5 nitrogen and oxygen atoms in total. The van der Waals surface area contributed by atoms with Crippen molar-refractivity contribution >= 4 is 47.2 Å². The van der Waals surface area contributed by atoms with Gasteiger partial charge in [-0.25, -0.2) is 4.99 Å². The third-order valence-electron chi connectivity index (χ3n) is 4.21. The molecule has 2 heterocycles. The van der Waals surface area contributed by atoms with Crippen LogP contribution in [-0.4, -0.2) is 36.4 Å². The van der Waals surface area contributed by atoms with Gasteiger partial charge in [-0.3, -0.25) is 4.79 Å². The Kier molecular flexibility index (Phi) is 8.37. The summed E-state index contributed by atoms with van der Waals surface area (Å²) in [6.07, 6.45) is 0.919. The predicted octanol–water partition coefficient (Wildman–Crippen LogP) is 3.01. The molecule has 7 heteroatoms. The number of carbonyl (C=O) groups is 1. The fraction of sp³-hybridized carbons (Fsp3) is 0.368. The number of nitrogens with one attached hydrogen (secondary N) is 2. The van der Waals surface area contributed by atoms with Crippen molar-refractivity contribution in [2.24, 2.45) is 4.99 Å². The van der Waals surface area contributed by atoms with Crippen molar-refractivity contribution in [3.8, 4) is 0 Å². The van der Waals surface area contributed by atoms with Crippen LogP contribution in [0.25, 0.3) is 0 Å². The maximum absolute atomic E-state index is 12.5. The van der Waals surface area contributed by atoms with E-state index in [1.807, 2.05) is 24.0 Å². The summed E-state index contributed by atoms with van der Waals surface area (Å²) in [6.45, 7) is 5.12. The number of rotatable bonds is 5. The first-order valence-electron chi connectivity index (χ1n) is 8.65. The van der Waals surface area contributed by atoms with E-state index in [0.717, 1.165) is 26.1 Å². The van der Waals surface area contributed by atoms with Crippen molar-refractivity contribution in [2.45, 2.75) is 26.4 Å². The molecule has 0 fully saturated rings. The van der Waals surface area contributed by atoms with E-state index in [4.69, 9.17) is 0 Å². The summed E-state index contributed by atoms with van der Waals surface area (Å²) >= 11 is 1.70. The van der Waals surface area contributed by atoms with Gasteiger partial charge in [0.25, 0.3) is 0 Å². The molecule has 1 aliphatic rings. The van der Waals surface area contributed by atoms with Gasteiger partial charge in [0.15, 0.2) is 5.96 Å². The molecule has 1 aromatic heterocycles. The second-order valence-electron chi connectivity index (χ2n) is 5.96. The first kappa shape index (κ1) is 20.7. The molecule has 140 valence electrons. The van der Waals surface area contributed by atoms with Crippen LogP contribution in [0.15, 0.2) is 46.8 Å². The zero-order valence-corrected chi connectivity index (χ0v) is 18.1. The summed E-state index contributed by atoms with van der Waals surface area (Å²) < 4.78 is 0. The summed E-state index contributed by atoms with van der Waals surface area (Å²) in [5.74, 6) is 0.754. The van der Waals surface area contributed by atoms with E-state index in [0.29, 0.717) is 12.5 Å². The Morgan fingerprint density at radius 1 is 1.19 bits per heavy atom. The van der Waals surface area contributed by atoms with Gasteiger partial charge in [0.1, 0.15) is 6.54 Å². The number of aliphatic imine (C=N–C) groups is 1. The average Bonchev–Trinajstić information content (AvgIpc) is 3.17. The minimum Gasteiger partial charge on any atom is -0.357 e. The highest BCUT2D eigenvalue weighted by Gasteiger charge is 2.19. The van der Waals surface area contributed by atoms with Gasteiger partial charge in [-0.2, -0.15) is 0 Å². The van der Waals surface area contributed by atoms with Gasteiger partial charge in [-0.1, -0.05) is 30.3 Å². The third kappa shape index (κ3) is 5.70. The Balaban J connectivity index is 0.00000243. The van der Waals surface area contributed by atoms with Crippen LogP contribution >= 0.6 is 35.3 Å². The number of benzene rings is 1. The molecule has 0 bridgehead atoms. The Hall–Kier alpha value is -1.61. The summed E-state index contributed by atoms with van der Waals surface area (Å²) in [6, 6.07) is 12.4. The van der Waals surface area contributed by atoms with E-state index in [-0.39, 0.29) is 36.4 Å². The topological polar surface area (TPSA) is 56.7 Å². The molecule has 1 aromatic carbocycles. The van der Waals surface area contributed by atoms with Gasteiger partial charge in [-0.15, -0.1) is 35.3 Å². The summed E-state index contributed by atoms with van der Waals surface area (Å²) in [5, 5.41) is 8.52. The highest BCUT2D eigenvalue weighted by atomic mass is 127. The summed E-state index contributed by atoms with van der Waals surface area (Å²) in [5.41, 5.74) is 2.59. The van der Waals surface area contributed by atoms with E-state index < -0.39 is 0 Å². The first-order chi connectivity index (χ1) is 12.3. The van der Waals surface area contributed by atoms with Crippen molar-refractivity contribution in [1.82, 2.24) is 15.5 Å². The Morgan fingerprint density at radius 2 is 2.00 bits per heavy atom. The Morgan fingerprint density at radius 3 is 2.73 bits per heavy atom. The lowest BCUT2D eigenvalue weighted by molar-refractivity contribution is -0.130. The van der Waals surface area contributed by atoms with E-state index in [1.165, 1.54) is 16.0 Å². The highest BCUT2D eigenvalue weighted by Crippen LogP contribution is 2.18. The van der Waals surface area contributed by atoms with Crippen molar-refractivity contribution in [2.75, 3.05) is 19.6 Å². The molecule has 2 N–H and O–H groups in total. The van der Waals surface area contributed by atoms with Crippen LogP contribution in [0.5, 0.6) is 0 Å². The molecule has 1 aliphatic heterocycles. The molecule has 1 amide bonds. The second kappa shape index (κ2) is 10.5. The largest absolute Gasteiger partial charge is 0.357 e. The Labute approximate surface area is 175 Å². The fourth-order valence-corrected chi connectivity index (χ4v) is 3.53. The predicted molar refractivity (Wildman–Crippen MR) is 118 cm³/mol. The van der Waals surface area contributed by atoms with Crippen molar-refractivity contribution in [1.29, 1.82) is 0 Å². The molecule has 0 unspecified atom stereocenters. The van der Waals surface area contributed by atoms with Gasteiger partial charge in [0.05, 0.1) is 6.54 Å². The number of thiophene rings is 1. The average molecular weight is 484 g/mol. The van der Waals surface area contributed by atoms with Crippen LogP contribution in [0.2, 0.25) is 0 Å².